The standard InChI is InChI=1S/C9H8N6S2/c1-16-9-12-7(10)15-8(13-9)11-6(14-15)5-2-3-17-4-5/h2-4H,1H3,(H2,10,11,12,13,14). The Bertz CT molecular complexity index is 659. The summed E-state index contributed by atoms with van der Waals surface area (Å²) in [5.74, 6) is 1.39. The van der Waals surface area contributed by atoms with E-state index in [1.807, 2.05) is 23.1 Å². The fraction of sp³-hybridized carbons (Fsp3) is 0.111. The van der Waals surface area contributed by atoms with Crippen molar-refractivity contribution < 1.29 is 0 Å². The Morgan fingerprint density at radius 1 is 1.35 bits per heavy atom. The highest BCUT2D eigenvalue weighted by atomic mass is 32.2. The second-order valence-corrected chi connectivity index (χ2v) is 4.78. The maximum Gasteiger partial charge on any atom is 0.258 e. The summed E-state index contributed by atoms with van der Waals surface area (Å²) < 4.78 is 1.45. The molecular formula is C9H8N6S2. The predicted molar refractivity (Wildman–Crippen MR) is 68.1 cm³/mol. The Labute approximate surface area is 105 Å². The van der Waals surface area contributed by atoms with E-state index in [0.717, 1.165) is 5.56 Å². The lowest BCUT2D eigenvalue weighted by Gasteiger charge is -1.97. The lowest BCUT2D eigenvalue weighted by atomic mass is 10.3. The summed E-state index contributed by atoms with van der Waals surface area (Å²) in [6.07, 6.45) is 1.89. The van der Waals surface area contributed by atoms with Crippen LogP contribution in [0.1, 0.15) is 0 Å². The molecule has 0 spiro atoms. The van der Waals surface area contributed by atoms with Crippen molar-refractivity contribution in [3.05, 3.63) is 16.8 Å². The van der Waals surface area contributed by atoms with E-state index in [9.17, 15) is 0 Å². The third kappa shape index (κ3) is 1.75. The molecule has 0 aliphatic heterocycles. The van der Waals surface area contributed by atoms with Crippen LogP contribution >= 0.6 is 23.1 Å². The van der Waals surface area contributed by atoms with Crippen molar-refractivity contribution in [2.75, 3.05) is 12.0 Å². The van der Waals surface area contributed by atoms with Crippen LogP contribution in [-0.2, 0) is 0 Å². The number of anilines is 1. The number of nitrogens with zero attached hydrogens (tertiary/aromatic N) is 5. The molecule has 2 N–H and O–H groups in total. The van der Waals surface area contributed by atoms with Gasteiger partial charge in [-0.1, -0.05) is 11.8 Å². The average molecular weight is 264 g/mol. The van der Waals surface area contributed by atoms with E-state index in [2.05, 4.69) is 20.1 Å². The van der Waals surface area contributed by atoms with E-state index >= 15 is 0 Å². The Morgan fingerprint density at radius 2 is 2.24 bits per heavy atom. The highest BCUT2D eigenvalue weighted by molar-refractivity contribution is 7.98. The van der Waals surface area contributed by atoms with Crippen LogP contribution in [0.15, 0.2) is 22.0 Å². The first-order valence-corrected chi connectivity index (χ1v) is 6.91. The molecule has 0 saturated heterocycles. The first-order valence-electron chi connectivity index (χ1n) is 4.75. The van der Waals surface area contributed by atoms with Gasteiger partial charge in [-0.2, -0.15) is 30.8 Å². The molecule has 86 valence electrons. The summed E-state index contributed by atoms with van der Waals surface area (Å²) >= 11 is 3.02. The second-order valence-electron chi connectivity index (χ2n) is 3.23. The predicted octanol–water partition coefficient (Wildman–Crippen LogP) is 1.55. The molecule has 0 unspecified atom stereocenters. The SMILES string of the molecule is CSc1nc(N)n2nc(-c3ccsc3)nc2n1. The summed E-state index contributed by atoms with van der Waals surface area (Å²) in [4.78, 5) is 12.7. The normalized spacial score (nSPS) is 11.1. The Balaban J connectivity index is 2.22. The van der Waals surface area contributed by atoms with Crippen LogP contribution in [0.3, 0.4) is 0 Å². The molecule has 3 aromatic rings. The molecule has 0 aromatic carbocycles. The zero-order valence-electron chi connectivity index (χ0n) is 8.86. The minimum Gasteiger partial charge on any atom is -0.368 e. The summed E-state index contributed by atoms with van der Waals surface area (Å²) in [7, 11) is 0. The van der Waals surface area contributed by atoms with Crippen LogP contribution in [0.2, 0.25) is 0 Å². The molecule has 3 rings (SSSR count). The minimum atomic E-state index is 0.299. The highest BCUT2D eigenvalue weighted by Gasteiger charge is 2.11. The van der Waals surface area contributed by atoms with E-state index in [0.29, 0.717) is 22.7 Å². The van der Waals surface area contributed by atoms with Crippen molar-refractivity contribution in [2.45, 2.75) is 5.16 Å². The lowest BCUT2D eigenvalue weighted by Crippen LogP contribution is -2.04. The van der Waals surface area contributed by atoms with E-state index in [1.165, 1.54) is 16.3 Å². The Morgan fingerprint density at radius 3 is 2.94 bits per heavy atom. The fourth-order valence-corrected chi connectivity index (χ4v) is 2.38. The van der Waals surface area contributed by atoms with E-state index in [4.69, 9.17) is 5.73 Å². The molecule has 0 aliphatic carbocycles. The van der Waals surface area contributed by atoms with Gasteiger partial charge in [-0.05, 0) is 17.7 Å². The maximum absolute atomic E-state index is 5.80. The molecule has 6 nitrogen and oxygen atoms in total. The van der Waals surface area contributed by atoms with Gasteiger partial charge in [0.15, 0.2) is 11.0 Å². The van der Waals surface area contributed by atoms with Gasteiger partial charge in [-0.15, -0.1) is 5.10 Å². The van der Waals surface area contributed by atoms with Gasteiger partial charge in [0.05, 0.1) is 0 Å². The lowest BCUT2D eigenvalue weighted by molar-refractivity contribution is 0.851. The van der Waals surface area contributed by atoms with Gasteiger partial charge in [0, 0.05) is 10.9 Å². The van der Waals surface area contributed by atoms with Gasteiger partial charge in [-0.25, -0.2) is 0 Å². The second kappa shape index (κ2) is 3.97. The molecule has 0 aliphatic rings. The average Bonchev–Trinajstić information content (AvgIpc) is 2.96. The molecule has 3 heterocycles. The zero-order valence-corrected chi connectivity index (χ0v) is 10.5. The summed E-state index contributed by atoms with van der Waals surface area (Å²) in [5, 5.41) is 8.84. The van der Waals surface area contributed by atoms with E-state index in [1.54, 1.807) is 11.3 Å². The third-order valence-corrected chi connectivity index (χ3v) is 3.41. The number of thioether (sulfide) groups is 1. The van der Waals surface area contributed by atoms with Crippen molar-refractivity contribution in [2.24, 2.45) is 0 Å². The number of thiophene rings is 1. The first kappa shape index (κ1) is 10.5. The van der Waals surface area contributed by atoms with Crippen molar-refractivity contribution in [3.8, 4) is 11.4 Å². The monoisotopic (exact) mass is 264 g/mol. The van der Waals surface area contributed by atoms with Crippen LogP contribution in [0, 0.1) is 0 Å². The van der Waals surface area contributed by atoms with Gasteiger partial charge in [0.2, 0.25) is 5.95 Å². The van der Waals surface area contributed by atoms with Crippen LogP contribution < -0.4 is 5.73 Å². The van der Waals surface area contributed by atoms with Crippen molar-refractivity contribution in [1.82, 2.24) is 24.6 Å². The summed E-state index contributed by atoms with van der Waals surface area (Å²) in [6.45, 7) is 0. The first-order chi connectivity index (χ1) is 8.28. The molecule has 0 atom stereocenters. The van der Waals surface area contributed by atoms with E-state index in [-0.39, 0.29) is 0 Å². The smallest absolute Gasteiger partial charge is 0.258 e. The Kier molecular flexibility index (Phi) is 2.45. The van der Waals surface area contributed by atoms with Crippen LogP contribution in [-0.4, -0.2) is 30.8 Å². The van der Waals surface area contributed by atoms with Crippen molar-refractivity contribution >= 4 is 34.8 Å². The number of nitrogens with two attached hydrogens (primary N) is 1. The number of fused-ring (bicyclic) bond motifs is 1. The number of rotatable bonds is 2. The Hall–Kier alpha value is -1.67. The van der Waals surface area contributed by atoms with Gasteiger partial charge in [0.1, 0.15) is 0 Å². The molecule has 0 amide bonds. The summed E-state index contributed by atoms with van der Waals surface area (Å²) in [5.41, 5.74) is 6.76. The molecule has 0 fully saturated rings. The van der Waals surface area contributed by atoms with Crippen LogP contribution in [0.5, 0.6) is 0 Å². The molecule has 8 heteroatoms. The van der Waals surface area contributed by atoms with Crippen LogP contribution in [0.4, 0.5) is 5.95 Å². The van der Waals surface area contributed by atoms with Crippen molar-refractivity contribution in [1.29, 1.82) is 0 Å². The highest BCUT2D eigenvalue weighted by Crippen LogP contribution is 2.20. The third-order valence-electron chi connectivity index (χ3n) is 2.17. The molecular weight excluding hydrogens is 256 g/mol. The minimum absolute atomic E-state index is 0.299. The summed E-state index contributed by atoms with van der Waals surface area (Å²) in [6, 6.07) is 1.96. The van der Waals surface area contributed by atoms with Crippen LogP contribution in [0.25, 0.3) is 17.2 Å². The molecule has 17 heavy (non-hydrogen) atoms. The fourth-order valence-electron chi connectivity index (χ4n) is 1.39. The number of nitrogen functional groups attached to an aromatic ring is 1. The van der Waals surface area contributed by atoms with Gasteiger partial charge in [-0.3, -0.25) is 0 Å². The van der Waals surface area contributed by atoms with E-state index < -0.39 is 0 Å². The molecule has 0 saturated carbocycles. The van der Waals surface area contributed by atoms with Gasteiger partial charge < -0.3 is 5.73 Å². The largest absolute Gasteiger partial charge is 0.368 e. The van der Waals surface area contributed by atoms with Gasteiger partial charge in [0.25, 0.3) is 5.78 Å². The quantitative estimate of drug-likeness (QED) is 0.707. The molecule has 0 bridgehead atoms. The zero-order chi connectivity index (χ0) is 11.8. The molecule has 3 aromatic heterocycles. The number of hydrogen-bond acceptors (Lipinski definition) is 7. The van der Waals surface area contributed by atoms with Gasteiger partial charge >= 0.3 is 0 Å². The number of hydrogen-bond donors (Lipinski definition) is 1. The molecule has 0 radical (unpaired) electrons. The number of aromatic nitrogens is 5. The topological polar surface area (TPSA) is 82.0 Å². The maximum atomic E-state index is 5.80. The van der Waals surface area contributed by atoms with Crippen molar-refractivity contribution in [3.63, 3.8) is 0 Å².